The van der Waals surface area contributed by atoms with Crippen LogP contribution in [0.1, 0.15) is 16.7 Å². The maximum Gasteiger partial charge on any atom is 0.433 e. The zero-order valence-corrected chi connectivity index (χ0v) is 11.7. The molecule has 1 unspecified atom stereocenters. The van der Waals surface area contributed by atoms with Gasteiger partial charge in [0.1, 0.15) is 11.8 Å². The zero-order chi connectivity index (χ0) is 14.9. The van der Waals surface area contributed by atoms with Crippen LogP contribution in [0, 0.1) is 0 Å². The molecule has 0 amide bonds. The summed E-state index contributed by atoms with van der Waals surface area (Å²) in [6, 6.07) is 4.75. The van der Waals surface area contributed by atoms with E-state index in [-0.39, 0.29) is 12.1 Å². The molecule has 1 aliphatic heterocycles. The number of alkyl halides is 3. The highest BCUT2D eigenvalue weighted by molar-refractivity contribution is 7.10. The van der Waals surface area contributed by atoms with Crippen molar-refractivity contribution in [3.8, 4) is 0 Å². The molecule has 2 aromatic rings. The van der Waals surface area contributed by atoms with Gasteiger partial charge in [0.15, 0.2) is 0 Å². The monoisotopic (exact) mass is 315 g/mol. The summed E-state index contributed by atoms with van der Waals surface area (Å²) in [7, 11) is 0. The lowest BCUT2D eigenvalue weighted by Gasteiger charge is -2.32. The van der Waals surface area contributed by atoms with Crippen LogP contribution in [0.4, 0.5) is 19.1 Å². The van der Waals surface area contributed by atoms with Gasteiger partial charge in [-0.15, -0.1) is 11.3 Å². The van der Waals surface area contributed by atoms with Crippen molar-refractivity contribution in [2.24, 2.45) is 0 Å². The number of anilines is 1. The Bertz CT molecular complexity index is 603. The Morgan fingerprint density at radius 2 is 2.19 bits per heavy atom. The fourth-order valence-electron chi connectivity index (χ4n) is 2.14. The highest BCUT2D eigenvalue weighted by atomic mass is 32.1. The summed E-state index contributed by atoms with van der Waals surface area (Å²) in [6.07, 6.45) is -3.48. The molecule has 0 saturated carbocycles. The summed E-state index contributed by atoms with van der Waals surface area (Å²) in [5.41, 5.74) is -0.924. The third-order valence-corrected chi connectivity index (χ3v) is 4.11. The molecule has 0 spiro atoms. The lowest BCUT2D eigenvalue weighted by atomic mass is 10.2. The minimum atomic E-state index is -4.46. The highest BCUT2D eigenvalue weighted by Gasteiger charge is 2.34. The Morgan fingerprint density at radius 1 is 1.33 bits per heavy atom. The molecule has 0 aromatic carbocycles. The Balaban J connectivity index is 1.80. The van der Waals surface area contributed by atoms with Gasteiger partial charge < -0.3 is 9.64 Å². The molecule has 1 atom stereocenters. The molecule has 3 heterocycles. The predicted octanol–water partition coefficient (Wildman–Crippen LogP) is 3.13. The lowest BCUT2D eigenvalue weighted by Crippen LogP contribution is -2.39. The largest absolute Gasteiger partial charge is 0.433 e. The van der Waals surface area contributed by atoms with E-state index in [0.29, 0.717) is 19.7 Å². The molecule has 0 N–H and O–H groups in total. The molecule has 3 rings (SSSR count). The van der Waals surface area contributed by atoms with E-state index in [4.69, 9.17) is 4.74 Å². The maximum absolute atomic E-state index is 12.7. The van der Waals surface area contributed by atoms with Crippen LogP contribution in [-0.4, -0.2) is 29.7 Å². The third-order valence-electron chi connectivity index (χ3n) is 3.14. The summed E-state index contributed by atoms with van der Waals surface area (Å²) in [5, 5.41) is 1.94. The molecule has 0 aliphatic carbocycles. The van der Waals surface area contributed by atoms with E-state index >= 15 is 0 Å². The smallest absolute Gasteiger partial charge is 0.369 e. The van der Waals surface area contributed by atoms with Crippen molar-refractivity contribution in [3.63, 3.8) is 0 Å². The first-order chi connectivity index (χ1) is 10.0. The number of ether oxygens (including phenoxy) is 1. The van der Waals surface area contributed by atoms with Gasteiger partial charge >= 0.3 is 6.18 Å². The number of thiophene rings is 1. The van der Waals surface area contributed by atoms with E-state index in [0.717, 1.165) is 17.1 Å². The topological polar surface area (TPSA) is 38.2 Å². The van der Waals surface area contributed by atoms with Crippen molar-refractivity contribution < 1.29 is 17.9 Å². The van der Waals surface area contributed by atoms with E-state index in [1.807, 2.05) is 17.5 Å². The van der Waals surface area contributed by atoms with Crippen molar-refractivity contribution in [2.75, 3.05) is 24.6 Å². The van der Waals surface area contributed by atoms with Gasteiger partial charge in [0.05, 0.1) is 13.2 Å². The van der Waals surface area contributed by atoms with Crippen molar-refractivity contribution in [2.45, 2.75) is 12.3 Å². The summed E-state index contributed by atoms with van der Waals surface area (Å²) in [4.78, 5) is 10.3. The molecular formula is C13H12F3N3OS. The molecule has 2 aromatic heterocycles. The van der Waals surface area contributed by atoms with Gasteiger partial charge in [0, 0.05) is 17.6 Å². The van der Waals surface area contributed by atoms with Crippen molar-refractivity contribution in [3.05, 3.63) is 40.3 Å². The number of rotatable bonds is 2. The highest BCUT2D eigenvalue weighted by Crippen LogP contribution is 2.30. The third kappa shape index (κ3) is 3.16. The molecule has 21 heavy (non-hydrogen) atoms. The summed E-state index contributed by atoms with van der Waals surface area (Å²) in [5.74, 6) is 0.0923. The number of hydrogen-bond acceptors (Lipinski definition) is 5. The first-order valence-corrected chi connectivity index (χ1v) is 7.22. The minimum Gasteiger partial charge on any atom is -0.369 e. The van der Waals surface area contributed by atoms with Crippen LogP contribution < -0.4 is 4.90 Å². The lowest BCUT2D eigenvalue weighted by molar-refractivity contribution is -0.141. The molecule has 4 nitrogen and oxygen atoms in total. The SMILES string of the molecule is FC(F)(F)c1ccnc(N2CCOC(c3cccs3)C2)n1. The number of halogens is 3. The second-order valence-electron chi connectivity index (χ2n) is 4.56. The van der Waals surface area contributed by atoms with Gasteiger partial charge in [-0.3, -0.25) is 0 Å². The van der Waals surface area contributed by atoms with E-state index in [9.17, 15) is 13.2 Å². The van der Waals surface area contributed by atoms with Gasteiger partial charge in [0.2, 0.25) is 5.95 Å². The average Bonchev–Trinajstić information content (AvgIpc) is 3.01. The van der Waals surface area contributed by atoms with Gasteiger partial charge in [-0.25, -0.2) is 9.97 Å². The van der Waals surface area contributed by atoms with E-state index in [1.54, 1.807) is 16.2 Å². The van der Waals surface area contributed by atoms with E-state index < -0.39 is 11.9 Å². The predicted molar refractivity (Wildman–Crippen MR) is 72.3 cm³/mol. The molecule has 0 bridgehead atoms. The van der Waals surface area contributed by atoms with Crippen LogP contribution in [-0.2, 0) is 10.9 Å². The fraction of sp³-hybridized carbons (Fsp3) is 0.385. The number of morpholine rings is 1. The second-order valence-corrected chi connectivity index (χ2v) is 5.54. The first-order valence-electron chi connectivity index (χ1n) is 6.34. The standard InChI is InChI=1S/C13H12F3N3OS/c14-13(15,16)11-3-4-17-12(18-11)19-5-6-20-9(8-19)10-2-1-7-21-10/h1-4,7,9H,5-6,8H2. The maximum atomic E-state index is 12.7. The van der Waals surface area contributed by atoms with Crippen LogP contribution in [0.25, 0.3) is 0 Å². The number of hydrogen-bond donors (Lipinski definition) is 0. The van der Waals surface area contributed by atoms with Crippen molar-refractivity contribution >= 4 is 17.3 Å². The number of nitrogens with zero attached hydrogens (tertiary/aromatic N) is 3. The Labute approximate surface area is 123 Å². The molecule has 0 radical (unpaired) electrons. The average molecular weight is 315 g/mol. The van der Waals surface area contributed by atoms with Crippen LogP contribution in [0.3, 0.4) is 0 Å². The summed E-state index contributed by atoms with van der Waals surface area (Å²) in [6.45, 7) is 1.35. The van der Waals surface area contributed by atoms with E-state index in [1.165, 1.54) is 0 Å². The Hall–Kier alpha value is -1.67. The fourth-order valence-corrected chi connectivity index (χ4v) is 2.90. The molecular weight excluding hydrogens is 303 g/mol. The van der Waals surface area contributed by atoms with Gasteiger partial charge in [-0.2, -0.15) is 13.2 Å². The van der Waals surface area contributed by atoms with Crippen LogP contribution >= 0.6 is 11.3 Å². The summed E-state index contributed by atoms with van der Waals surface area (Å²) >= 11 is 1.56. The van der Waals surface area contributed by atoms with Crippen LogP contribution in [0.2, 0.25) is 0 Å². The van der Waals surface area contributed by atoms with Crippen molar-refractivity contribution in [1.82, 2.24) is 9.97 Å². The van der Waals surface area contributed by atoms with Crippen LogP contribution in [0.5, 0.6) is 0 Å². The molecule has 1 saturated heterocycles. The first kappa shape index (κ1) is 14.3. The molecule has 1 aliphatic rings. The molecule has 8 heteroatoms. The minimum absolute atomic E-state index is 0.0923. The van der Waals surface area contributed by atoms with E-state index in [2.05, 4.69) is 9.97 Å². The van der Waals surface area contributed by atoms with Crippen LogP contribution in [0.15, 0.2) is 29.8 Å². The van der Waals surface area contributed by atoms with Crippen molar-refractivity contribution in [1.29, 1.82) is 0 Å². The zero-order valence-electron chi connectivity index (χ0n) is 10.9. The van der Waals surface area contributed by atoms with Gasteiger partial charge in [-0.05, 0) is 17.5 Å². The normalized spacial score (nSPS) is 19.8. The number of aromatic nitrogens is 2. The molecule has 112 valence electrons. The molecule has 1 fully saturated rings. The second kappa shape index (κ2) is 5.61. The Kier molecular flexibility index (Phi) is 3.81. The van der Waals surface area contributed by atoms with Gasteiger partial charge in [-0.1, -0.05) is 6.07 Å². The Morgan fingerprint density at radius 3 is 2.90 bits per heavy atom. The quantitative estimate of drug-likeness (QED) is 0.853. The summed E-state index contributed by atoms with van der Waals surface area (Å²) < 4.78 is 43.8. The van der Waals surface area contributed by atoms with Gasteiger partial charge in [0.25, 0.3) is 0 Å².